The molecule has 1 unspecified atom stereocenters. The lowest BCUT2D eigenvalue weighted by atomic mass is 9.97. The van der Waals surface area contributed by atoms with Crippen molar-refractivity contribution in [2.24, 2.45) is 5.73 Å². The maximum absolute atomic E-state index is 13.5. The predicted octanol–water partition coefficient (Wildman–Crippen LogP) is 5.16. The lowest BCUT2D eigenvalue weighted by Gasteiger charge is -2.13. The Balaban J connectivity index is 2.13. The Hall–Kier alpha value is -1.23. The quantitative estimate of drug-likeness (QED) is 0.679. The first-order valence-corrected chi connectivity index (χ1v) is 7.92. The molecule has 2 aromatic carbocycles. The zero-order valence-electron chi connectivity index (χ0n) is 10.9. The molecule has 0 fully saturated rings. The van der Waals surface area contributed by atoms with Gasteiger partial charge in [-0.1, -0.05) is 18.2 Å². The van der Waals surface area contributed by atoms with Crippen LogP contribution in [-0.2, 0) is 0 Å². The topological polar surface area (TPSA) is 26.0 Å². The zero-order valence-corrected chi connectivity index (χ0v) is 13.3. The Morgan fingerprint density at radius 2 is 2.05 bits per heavy atom. The molecule has 0 spiro atoms. The first-order chi connectivity index (χ1) is 9.56. The molecular formula is C16H13BrFNS. The minimum absolute atomic E-state index is 0.240. The van der Waals surface area contributed by atoms with Crippen LogP contribution in [0.3, 0.4) is 0 Å². The number of thiophene rings is 1. The smallest absolute Gasteiger partial charge is 0.123 e. The van der Waals surface area contributed by atoms with Gasteiger partial charge in [0, 0.05) is 9.17 Å². The van der Waals surface area contributed by atoms with Crippen LogP contribution in [0.1, 0.15) is 22.7 Å². The Bertz CT molecular complexity index is 761. The molecule has 0 saturated carbocycles. The molecule has 3 rings (SSSR count). The second kappa shape index (κ2) is 5.28. The van der Waals surface area contributed by atoms with Gasteiger partial charge in [0.25, 0.3) is 0 Å². The van der Waals surface area contributed by atoms with Gasteiger partial charge in [-0.15, -0.1) is 11.3 Å². The van der Waals surface area contributed by atoms with E-state index in [4.69, 9.17) is 5.73 Å². The maximum atomic E-state index is 13.5. The SMILES string of the molecule is Cc1cc(F)cc(C(N)c2csc3c(Br)cccc23)c1. The van der Waals surface area contributed by atoms with Gasteiger partial charge >= 0.3 is 0 Å². The number of hydrogen-bond acceptors (Lipinski definition) is 2. The van der Waals surface area contributed by atoms with Gasteiger partial charge in [0.1, 0.15) is 5.82 Å². The van der Waals surface area contributed by atoms with Gasteiger partial charge < -0.3 is 5.73 Å². The van der Waals surface area contributed by atoms with Crippen LogP contribution < -0.4 is 5.73 Å². The second-order valence-electron chi connectivity index (χ2n) is 4.85. The third-order valence-corrected chi connectivity index (χ3v) is 5.31. The fourth-order valence-electron chi connectivity index (χ4n) is 2.41. The monoisotopic (exact) mass is 349 g/mol. The fraction of sp³-hybridized carbons (Fsp3) is 0.125. The van der Waals surface area contributed by atoms with E-state index in [9.17, 15) is 4.39 Å². The van der Waals surface area contributed by atoms with Crippen molar-refractivity contribution in [2.75, 3.05) is 0 Å². The Kier molecular flexibility index (Phi) is 3.63. The molecule has 3 aromatic rings. The first kappa shape index (κ1) is 13.7. The summed E-state index contributed by atoms with van der Waals surface area (Å²) in [6.45, 7) is 1.88. The third-order valence-electron chi connectivity index (χ3n) is 3.34. The number of nitrogens with two attached hydrogens (primary N) is 1. The minimum Gasteiger partial charge on any atom is -0.320 e. The average molecular weight is 350 g/mol. The van der Waals surface area contributed by atoms with Gasteiger partial charge in [0.15, 0.2) is 0 Å². The molecule has 2 N–H and O–H groups in total. The van der Waals surface area contributed by atoms with Crippen LogP contribution in [-0.4, -0.2) is 0 Å². The summed E-state index contributed by atoms with van der Waals surface area (Å²) in [6.07, 6.45) is 0. The molecule has 102 valence electrons. The minimum atomic E-state index is -0.313. The number of halogens is 2. The second-order valence-corrected chi connectivity index (χ2v) is 6.58. The summed E-state index contributed by atoms with van der Waals surface area (Å²) in [7, 11) is 0. The molecule has 0 saturated heterocycles. The first-order valence-electron chi connectivity index (χ1n) is 6.24. The molecule has 4 heteroatoms. The van der Waals surface area contributed by atoms with Crippen molar-refractivity contribution >= 4 is 37.4 Å². The molecule has 0 radical (unpaired) electrons. The fourth-order valence-corrected chi connectivity index (χ4v) is 4.06. The van der Waals surface area contributed by atoms with E-state index < -0.39 is 0 Å². The highest BCUT2D eigenvalue weighted by Crippen LogP contribution is 2.36. The molecule has 0 aliphatic heterocycles. The average Bonchev–Trinajstić information content (AvgIpc) is 2.82. The van der Waals surface area contributed by atoms with Crippen molar-refractivity contribution in [3.8, 4) is 0 Å². The van der Waals surface area contributed by atoms with Gasteiger partial charge in [-0.05, 0) is 68.5 Å². The summed E-state index contributed by atoms with van der Waals surface area (Å²) >= 11 is 5.20. The molecular weight excluding hydrogens is 337 g/mol. The van der Waals surface area contributed by atoms with Crippen LogP contribution in [0.5, 0.6) is 0 Å². The normalized spacial score (nSPS) is 12.8. The third kappa shape index (κ3) is 2.39. The molecule has 0 aliphatic carbocycles. The molecule has 0 aliphatic rings. The van der Waals surface area contributed by atoms with Crippen molar-refractivity contribution in [3.05, 3.63) is 68.8 Å². The van der Waals surface area contributed by atoms with E-state index in [1.807, 2.05) is 25.1 Å². The summed E-state index contributed by atoms with van der Waals surface area (Å²) in [4.78, 5) is 0. The number of aryl methyl sites for hydroxylation is 1. The highest BCUT2D eigenvalue weighted by molar-refractivity contribution is 9.10. The van der Waals surface area contributed by atoms with Gasteiger partial charge in [0.2, 0.25) is 0 Å². The van der Waals surface area contributed by atoms with Gasteiger partial charge in [0.05, 0.1) is 6.04 Å². The van der Waals surface area contributed by atoms with Crippen molar-refractivity contribution in [1.82, 2.24) is 0 Å². The summed E-state index contributed by atoms with van der Waals surface area (Å²) in [6, 6.07) is 10.7. The predicted molar refractivity (Wildman–Crippen MR) is 86.7 cm³/mol. The van der Waals surface area contributed by atoms with Crippen molar-refractivity contribution in [3.63, 3.8) is 0 Å². The Morgan fingerprint density at radius 1 is 1.25 bits per heavy atom. The molecule has 1 aromatic heterocycles. The van der Waals surface area contributed by atoms with E-state index in [0.29, 0.717) is 0 Å². The van der Waals surface area contributed by atoms with Crippen LogP contribution in [0, 0.1) is 12.7 Å². The van der Waals surface area contributed by atoms with Crippen molar-refractivity contribution in [1.29, 1.82) is 0 Å². The highest BCUT2D eigenvalue weighted by atomic mass is 79.9. The lowest BCUT2D eigenvalue weighted by molar-refractivity contribution is 0.622. The molecule has 1 atom stereocenters. The van der Waals surface area contributed by atoms with E-state index in [1.165, 1.54) is 16.8 Å². The van der Waals surface area contributed by atoms with E-state index in [1.54, 1.807) is 11.3 Å². The van der Waals surface area contributed by atoms with E-state index in [-0.39, 0.29) is 11.9 Å². The largest absolute Gasteiger partial charge is 0.320 e. The van der Waals surface area contributed by atoms with E-state index in [2.05, 4.69) is 27.4 Å². The van der Waals surface area contributed by atoms with Crippen LogP contribution in [0.25, 0.3) is 10.1 Å². The number of fused-ring (bicyclic) bond motifs is 1. The molecule has 1 nitrogen and oxygen atoms in total. The standard InChI is InChI=1S/C16H13BrFNS/c1-9-5-10(7-11(18)6-9)15(19)13-8-20-16-12(13)3-2-4-14(16)17/h2-8,15H,19H2,1H3. The summed E-state index contributed by atoms with van der Waals surface area (Å²) in [5.74, 6) is -0.240. The van der Waals surface area contributed by atoms with Crippen LogP contribution in [0.2, 0.25) is 0 Å². The Morgan fingerprint density at radius 3 is 2.80 bits per heavy atom. The summed E-state index contributed by atoms with van der Waals surface area (Å²) in [5, 5.41) is 3.18. The number of hydrogen-bond donors (Lipinski definition) is 1. The van der Waals surface area contributed by atoms with Crippen LogP contribution >= 0.6 is 27.3 Å². The van der Waals surface area contributed by atoms with Crippen LogP contribution in [0.4, 0.5) is 4.39 Å². The molecule has 0 bridgehead atoms. The number of rotatable bonds is 2. The van der Waals surface area contributed by atoms with Gasteiger partial charge in [-0.2, -0.15) is 0 Å². The van der Waals surface area contributed by atoms with Crippen molar-refractivity contribution in [2.45, 2.75) is 13.0 Å². The van der Waals surface area contributed by atoms with Crippen LogP contribution in [0.15, 0.2) is 46.3 Å². The highest BCUT2D eigenvalue weighted by Gasteiger charge is 2.16. The number of benzene rings is 2. The van der Waals surface area contributed by atoms with Gasteiger partial charge in [-0.3, -0.25) is 0 Å². The summed E-state index contributed by atoms with van der Waals surface area (Å²) < 4.78 is 15.8. The molecule has 0 amide bonds. The van der Waals surface area contributed by atoms with E-state index in [0.717, 1.165) is 26.5 Å². The zero-order chi connectivity index (χ0) is 14.3. The summed E-state index contributed by atoms with van der Waals surface area (Å²) in [5.41, 5.74) is 9.07. The van der Waals surface area contributed by atoms with E-state index >= 15 is 0 Å². The molecule has 20 heavy (non-hydrogen) atoms. The lowest BCUT2D eigenvalue weighted by Crippen LogP contribution is -2.11. The molecule has 1 heterocycles. The maximum Gasteiger partial charge on any atom is 0.123 e. The Labute approximate surface area is 129 Å². The van der Waals surface area contributed by atoms with Crippen molar-refractivity contribution < 1.29 is 4.39 Å². The van der Waals surface area contributed by atoms with Gasteiger partial charge in [-0.25, -0.2) is 4.39 Å².